The fourth-order valence-electron chi connectivity index (χ4n) is 1.87. The van der Waals surface area contributed by atoms with Gasteiger partial charge in [-0.2, -0.15) is 0 Å². The molecule has 3 amide bonds. The van der Waals surface area contributed by atoms with Crippen molar-refractivity contribution in [2.24, 2.45) is 5.73 Å². The average molecular weight is 332 g/mol. The molecule has 1 aromatic rings. The maximum Gasteiger partial charge on any atom is 0.312 e. The van der Waals surface area contributed by atoms with Crippen molar-refractivity contribution in [1.29, 1.82) is 0 Å². The van der Waals surface area contributed by atoms with Crippen molar-refractivity contribution in [2.45, 2.75) is 32.2 Å². The lowest BCUT2D eigenvalue weighted by Gasteiger charge is -2.16. The van der Waals surface area contributed by atoms with Crippen molar-refractivity contribution < 1.29 is 9.59 Å². The first kappa shape index (κ1) is 17.6. The van der Waals surface area contributed by atoms with Crippen molar-refractivity contribution >= 4 is 35.1 Å². The Bertz CT molecular complexity index is 509. The van der Waals surface area contributed by atoms with E-state index in [1.807, 2.05) is 6.92 Å². The Hall–Kier alpha value is -1.46. The number of halogens is 2. The monoisotopic (exact) mass is 331 g/mol. The van der Waals surface area contributed by atoms with Crippen LogP contribution in [-0.2, 0) is 4.79 Å². The molecule has 1 rings (SSSR count). The Morgan fingerprint density at radius 1 is 1.29 bits per heavy atom. The highest BCUT2D eigenvalue weighted by Gasteiger charge is 2.12. The fourth-order valence-corrected chi connectivity index (χ4v) is 2.44. The summed E-state index contributed by atoms with van der Waals surface area (Å²) >= 11 is 11.9. The van der Waals surface area contributed by atoms with Crippen molar-refractivity contribution in [2.75, 3.05) is 6.54 Å². The van der Waals surface area contributed by atoms with Crippen LogP contribution >= 0.6 is 23.2 Å². The second-order valence-electron chi connectivity index (χ2n) is 4.70. The van der Waals surface area contributed by atoms with Crippen LogP contribution in [0.1, 0.15) is 37.8 Å². The first-order valence-corrected chi connectivity index (χ1v) is 7.43. The zero-order chi connectivity index (χ0) is 15.8. The third-order valence-electron chi connectivity index (χ3n) is 2.94. The summed E-state index contributed by atoms with van der Waals surface area (Å²) in [6.07, 6.45) is 1.76. The minimum absolute atomic E-state index is 0.0624. The number of unbranched alkanes of at least 4 members (excludes halogenated alkanes) is 1. The second kappa shape index (κ2) is 8.74. The second-order valence-corrected chi connectivity index (χ2v) is 5.55. The summed E-state index contributed by atoms with van der Waals surface area (Å²) in [5.41, 5.74) is 5.76. The zero-order valence-electron chi connectivity index (χ0n) is 11.8. The highest BCUT2D eigenvalue weighted by atomic mass is 35.5. The van der Waals surface area contributed by atoms with Gasteiger partial charge in [0.05, 0.1) is 6.04 Å². The summed E-state index contributed by atoms with van der Waals surface area (Å²) in [5.74, 6) is -0.0624. The van der Waals surface area contributed by atoms with Gasteiger partial charge in [0.1, 0.15) is 0 Å². The molecule has 0 heterocycles. The molecule has 0 fully saturated rings. The van der Waals surface area contributed by atoms with Crippen LogP contribution in [0.25, 0.3) is 0 Å². The molecular formula is C14H19Cl2N3O2. The van der Waals surface area contributed by atoms with Crippen LogP contribution in [0.15, 0.2) is 18.2 Å². The van der Waals surface area contributed by atoms with Crippen LogP contribution < -0.4 is 16.4 Å². The van der Waals surface area contributed by atoms with E-state index in [0.29, 0.717) is 35.9 Å². The van der Waals surface area contributed by atoms with Gasteiger partial charge in [-0.05, 0) is 37.5 Å². The maximum absolute atomic E-state index is 11.8. The van der Waals surface area contributed by atoms with Crippen LogP contribution in [0.2, 0.25) is 10.0 Å². The quantitative estimate of drug-likeness (QED) is 0.671. The average Bonchev–Trinajstić information content (AvgIpc) is 2.37. The summed E-state index contributed by atoms with van der Waals surface area (Å²) in [6, 6.07) is 4.45. The molecule has 1 unspecified atom stereocenters. The van der Waals surface area contributed by atoms with E-state index in [1.165, 1.54) is 0 Å². The first-order valence-electron chi connectivity index (χ1n) is 6.67. The minimum atomic E-state index is -0.551. The van der Waals surface area contributed by atoms with Gasteiger partial charge >= 0.3 is 6.03 Å². The van der Waals surface area contributed by atoms with E-state index in [0.717, 1.165) is 5.56 Å². The van der Waals surface area contributed by atoms with Crippen molar-refractivity contribution in [3.8, 4) is 0 Å². The molecule has 0 spiro atoms. The standard InChI is InChI=1S/C14H19Cl2N3O2/c1-9(11-6-5-10(15)8-12(11)16)19-13(20)4-2-3-7-18-14(17)21/h5-6,8-9H,2-4,7H2,1H3,(H,19,20)(H3,17,18,21). The number of carbonyl (C=O) groups is 2. The Balaban J connectivity index is 2.35. The molecule has 116 valence electrons. The minimum Gasteiger partial charge on any atom is -0.352 e. The molecule has 7 heteroatoms. The first-order chi connectivity index (χ1) is 9.90. The van der Waals surface area contributed by atoms with E-state index in [1.54, 1.807) is 18.2 Å². The molecule has 1 aromatic carbocycles. The van der Waals surface area contributed by atoms with Gasteiger partial charge in [-0.25, -0.2) is 4.79 Å². The van der Waals surface area contributed by atoms with E-state index >= 15 is 0 Å². The number of nitrogens with one attached hydrogen (secondary N) is 2. The van der Waals surface area contributed by atoms with Crippen LogP contribution in [0, 0.1) is 0 Å². The SMILES string of the molecule is CC(NC(=O)CCCCNC(N)=O)c1ccc(Cl)cc1Cl. The number of rotatable bonds is 7. The molecule has 4 N–H and O–H groups in total. The van der Waals surface area contributed by atoms with Gasteiger partial charge in [0.15, 0.2) is 0 Å². The molecule has 1 atom stereocenters. The van der Waals surface area contributed by atoms with Crippen molar-refractivity contribution in [3.05, 3.63) is 33.8 Å². The number of urea groups is 1. The maximum atomic E-state index is 11.8. The third-order valence-corrected chi connectivity index (χ3v) is 3.50. The van der Waals surface area contributed by atoms with Crippen LogP contribution in [0.5, 0.6) is 0 Å². The molecule has 5 nitrogen and oxygen atoms in total. The van der Waals surface area contributed by atoms with E-state index < -0.39 is 6.03 Å². The highest BCUT2D eigenvalue weighted by Crippen LogP contribution is 2.26. The van der Waals surface area contributed by atoms with Gasteiger partial charge < -0.3 is 16.4 Å². The van der Waals surface area contributed by atoms with Crippen LogP contribution in [0.3, 0.4) is 0 Å². The molecule has 0 aliphatic carbocycles. The van der Waals surface area contributed by atoms with Crippen molar-refractivity contribution in [1.82, 2.24) is 10.6 Å². The van der Waals surface area contributed by atoms with Gasteiger partial charge in [0, 0.05) is 23.0 Å². The number of hydrogen-bond donors (Lipinski definition) is 3. The summed E-state index contributed by atoms with van der Waals surface area (Å²) in [7, 11) is 0. The molecule has 21 heavy (non-hydrogen) atoms. The van der Waals surface area contributed by atoms with E-state index in [9.17, 15) is 9.59 Å². The summed E-state index contributed by atoms with van der Waals surface area (Å²) in [6.45, 7) is 2.34. The summed E-state index contributed by atoms with van der Waals surface area (Å²) < 4.78 is 0. The van der Waals surface area contributed by atoms with E-state index in [-0.39, 0.29) is 11.9 Å². The summed E-state index contributed by atoms with van der Waals surface area (Å²) in [5, 5.41) is 6.44. The predicted molar refractivity (Wildman–Crippen MR) is 84.5 cm³/mol. The molecule has 0 bridgehead atoms. The molecule has 0 aliphatic rings. The summed E-state index contributed by atoms with van der Waals surface area (Å²) in [4.78, 5) is 22.3. The number of benzene rings is 1. The lowest BCUT2D eigenvalue weighted by Crippen LogP contribution is -2.30. The third kappa shape index (κ3) is 6.69. The highest BCUT2D eigenvalue weighted by molar-refractivity contribution is 6.35. The number of primary amides is 1. The number of nitrogens with two attached hydrogens (primary N) is 1. The molecule has 0 radical (unpaired) electrons. The topological polar surface area (TPSA) is 84.2 Å². The normalized spacial score (nSPS) is 11.8. The number of hydrogen-bond acceptors (Lipinski definition) is 2. The largest absolute Gasteiger partial charge is 0.352 e. The Morgan fingerprint density at radius 2 is 2.00 bits per heavy atom. The van der Waals surface area contributed by atoms with Crippen LogP contribution in [0.4, 0.5) is 4.79 Å². The fraction of sp³-hybridized carbons (Fsp3) is 0.429. The van der Waals surface area contributed by atoms with E-state index in [2.05, 4.69) is 10.6 Å². The van der Waals surface area contributed by atoms with Crippen LogP contribution in [-0.4, -0.2) is 18.5 Å². The predicted octanol–water partition coefficient (Wildman–Crippen LogP) is 3.01. The molecule has 0 saturated heterocycles. The zero-order valence-corrected chi connectivity index (χ0v) is 13.3. The Morgan fingerprint density at radius 3 is 2.62 bits per heavy atom. The number of carbonyl (C=O) groups excluding carboxylic acids is 2. The molecule has 0 aromatic heterocycles. The van der Waals surface area contributed by atoms with Gasteiger partial charge in [-0.3, -0.25) is 4.79 Å². The van der Waals surface area contributed by atoms with Gasteiger partial charge in [-0.1, -0.05) is 29.3 Å². The van der Waals surface area contributed by atoms with E-state index in [4.69, 9.17) is 28.9 Å². The Kier molecular flexibility index (Phi) is 7.32. The van der Waals surface area contributed by atoms with Crippen molar-refractivity contribution in [3.63, 3.8) is 0 Å². The molecular weight excluding hydrogens is 313 g/mol. The van der Waals surface area contributed by atoms with Gasteiger partial charge in [-0.15, -0.1) is 0 Å². The number of amides is 3. The van der Waals surface area contributed by atoms with Gasteiger partial charge in [0.25, 0.3) is 0 Å². The smallest absolute Gasteiger partial charge is 0.312 e. The Labute approximate surface area is 134 Å². The molecule has 0 aliphatic heterocycles. The molecule has 0 saturated carbocycles. The lowest BCUT2D eigenvalue weighted by molar-refractivity contribution is -0.121. The van der Waals surface area contributed by atoms with Gasteiger partial charge in [0.2, 0.25) is 5.91 Å². The lowest BCUT2D eigenvalue weighted by atomic mass is 10.1.